The van der Waals surface area contributed by atoms with Crippen LogP contribution in [0.5, 0.6) is 0 Å². The van der Waals surface area contributed by atoms with Crippen LogP contribution in [0, 0.1) is 13.8 Å². The van der Waals surface area contributed by atoms with Crippen molar-refractivity contribution in [2.45, 2.75) is 39.5 Å². The van der Waals surface area contributed by atoms with Gasteiger partial charge in [-0.2, -0.15) is 0 Å². The Hall–Kier alpha value is -2.75. The fraction of sp³-hybridized carbons (Fsp3) is 0.364. The summed E-state index contributed by atoms with van der Waals surface area (Å²) in [6.07, 6.45) is 5.93. The molecule has 170 valence electrons. The molecule has 0 aliphatic rings. The molecule has 0 atom stereocenters. The summed E-state index contributed by atoms with van der Waals surface area (Å²) in [7, 11) is 0. The third-order valence-electron chi connectivity index (χ3n) is 4.70. The lowest BCUT2D eigenvalue weighted by atomic mass is 10.2. The minimum Gasteiger partial charge on any atom is -0.370 e. The van der Waals surface area contributed by atoms with E-state index in [9.17, 15) is 4.79 Å². The van der Waals surface area contributed by atoms with E-state index in [1.54, 1.807) is 6.07 Å². The maximum Gasteiger partial charge on any atom is 0.267 e. The predicted molar refractivity (Wildman–Crippen MR) is 132 cm³/mol. The Morgan fingerprint density at radius 1 is 1.12 bits per heavy atom. The van der Waals surface area contributed by atoms with Crippen LogP contribution in [0.15, 0.2) is 30.5 Å². The molecule has 5 N–H and O–H groups in total. The molecule has 0 unspecified atom stereocenters. The summed E-state index contributed by atoms with van der Waals surface area (Å²) >= 11 is 7.45. The number of halogens is 1. The van der Waals surface area contributed by atoms with Crippen molar-refractivity contribution in [2.24, 2.45) is 5.73 Å². The maximum atomic E-state index is 12.6. The molecule has 3 aromatic rings. The smallest absolute Gasteiger partial charge is 0.267 e. The molecule has 0 radical (unpaired) electrons. The van der Waals surface area contributed by atoms with Gasteiger partial charge in [-0.3, -0.25) is 4.79 Å². The summed E-state index contributed by atoms with van der Waals surface area (Å²) in [5.74, 6) is 1.75. The summed E-state index contributed by atoms with van der Waals surface area (Å²) in [5, 5.41) is 10.4. The van der Waals surface area contributed by atoms with E-state index in [2.05, 4.69) is 30.9 Å². The number of para-hydroxylation sites is 1. The molecule has 0 saturated heterocycles. The fourth-order valence-electron chi connectivity index (χ4n) is 3.07. The van der Waals surface area contributed by atoms with Gasteiger partial charge in [0.2, 0.25) is 0 Å². The summed E-state index contributed by atoms with van der Waals surface area (Å²) in [6.45, 7) is 5.31. The zero-order valence-corrected chi connectivity index (χ0v) is 19.8. The van der Waals surface area contributed by atoms with Crippen LogP contribution in [0.2, 0.25) is 5.02 Å². The van der Waals surface area contributed by atoms with Crippen molar-refractivity contribution in [3.63, 3.8) is 0 Å². The number of carbonyl (C=O) groups excluding carboxylic acids is 1. The average molecular weight is 474 g/mol. The second-order valence-electron chi connectivity index (χ2n) is 7.36. The molecule has 0 aliphatic carbocycles. The van der Waals surface area contributed by atoms with E-state index in [1.807, 2.05) is 32.0 Å². The first-order valence-corrected chi connectivity index (χ1v) is 11.7. The van der Waals surface area contributed by atoms with Crippen LogP contribution in [-0.4, -0.2) is 33.9 Å². The van der Waals surface area contributed by atoms with E-state index in [0.29, 0.717) is 32.4 Å². The lowest BCUT2D eigenvalue weighted by molar-refractivity contribution is 0.103. The van der Waals surface area contributed by atoms with Crippen LogP contribution in [0.4, 0.5) is 22.5 Å². The highest BCUT2D eigenvalue weighted by Crippen LogP contribution is 2.28. The second-order valence-corrected chi connectivity index (χ2v) is 8.79. The number of amides is 1. The standard InChI is InChI=1S/C22H28ClN7OS/c1-14-8-7-9-16(23)20(14)30-21(31)17-13-26-22(32-17)29-19-12-18(27-15(2)28-19)25-11-6-4-3-5-10-24/h7-9,12-13H,3-6,10-11,24H2,1-2H3,(H,30,31)(H2,25,26,27,28,29). The number of benzene rings is 1. The van der Waals surface area contributed by atoms with Crippen LogP contribution >= 0.6 is 22.9 Å². The lowest BCUT2D eigenvalue weighted by Crippen LogP contribution is -2.11. The van der Waals surface area contributed by atoms with Gasteiger partial charge in [0.25, 0.3) is 5.91 Å². The summed E-state index contributed by atoms with van der Waals surface area (Å²) < 4.78 is 0. The van der Waals surface area contributed by atoms with Crippen molar-refractivity contribution in [1.82, 2.24) is 15.0 Å². The molecule has 3 rings (SSSR count). The Morgan fingerprint density at radius 3 is 2.69 bits per heavy atom. The van der Waals surface area contributed by atoms with E-state index in [-0.39, 0.29) is 5.91 Å². The van der Waals surface area contributed by atoms with Crippen molar-refractivity contribution in [3.05, 3.63) is 51.7 Å². The van der Waals surface area contributed by atoms with Gasteiger partial charge in [-0.1, -0.05) is 47.9 Å². The number of aromatic nitrogens is 3. The first-order valence-electron chi connectivity index (χ1n) is 10.5. The molecule has 2 heterocycles. The maximum absolute atomic E-state index is 12.6. The predicted octanol–water partition coefficient (Wildman–Crippen LogP) is 5.13. The van der Waals surface area contributed by atoms with E-state index in [4.69, 9.17) is 17.3 Å². The summed E-state index contributed by atoms with van der Waals surface area (Å²) in [4.78, 5) is 26.3. The average Bonchev–Trinajstić information content (AvgIpc) is 3.21. The summed E-state index contributed by atoms with van der Waals surface area (Å²) in [5.41, 5.74) is 7.02. The minimum absolute atomic E-state index is 0.261. The number of nitrogens with zero attached hydrogens (tertiary/aromatic N) is 3. The Kier molecular flexibility index (Phi) is 8.78. The Balaban J connectivity index is 1.60. The molecule has 32 heavy (non-hydrogen) atoms. The molecular weight excluding hydrogens is 446 g/mol. The molecule has 0 saturated carbocycles. The minimum atomic E-state index is -0.261. The Bertz CT molecular complexity index is 1040. The van der Waals surface area contributed by atoms with E-state index < -0.39 is 0 Å². The highest BCUT2D eigenvalue weighted by Gasteiger charge is 2.14. The third-order valence-corrected chi connectivity index (χ3v) is 5.93. The van der Waals surface area contributed by atoms with Gasteiger partial charge in [0.05, 0.1) is 16.9 Å². The molecule has 2 aromatic heterocycles. The second kappa shape index (κ2) is 11.8. The lowest BCUT2D eigenvalue weighted by Gasteiger charge is -2.09. The van der Waals surface area contributed by atoms with Gasteiger partial charge in [-0.05, 0) is 44.9 Å². The number of hydrogen-bond acceptors (Lipinski definition) is 8. The van der Waals surface area contributed by atoms with Crippen molar-refractivity contribution >= 4 is 51.3 Å². The van der Waals surface area contributed by atoms with Crippen LogP contribution in [0.25, 0.3) is 0 Å². The molecule has 0 bridgehead atoms. The number of anilines is 4. The first-order chi connectivity index (χ1) is 15.5. The van der Waals surface area contributed by atoms with Gasteiger partial charge in [0.1, 0.15) is 22.3 Å². The molecule has 1 aromatic carbocycles. The first kappa shape index (κ1) is 23.9. The van der Waals surface area contributed by atoms with Crippen LogP contribution in [0.1, 0.15) is 46.7 Å². The van der Waals surface area contributed by atoms with Crippen molar-refractivity contribution in [1.29, 1.82) is 0 Å². The van der Waals surface area contributed by atoms with Gasteiger partial charge < -0.3 is 21.7 Å². The molecule has 8 nitrogen and oxygen atoms in total. The third kappa shape index (κ3) is 6.88. The number of nitrogens with one attached hydrogen (secondary N) is 3. The number of carbonyl (C=O) groups is 1. The largest absolute Gasteiger partial charge is 0.370 e. The molecule has 0 fully saturated rings. The van der Waals surface area contributed by atoms with Gasteiger partial charge in [-0.25, -0.2) is 15.0 Å². The number of thiazole rings is 1. The van der Waals surface area contributed by atoms with Crippen molar-refractivity contribution in [2.75, 3.05) is 29.0 Å². The zero-order valence-electron chi connectivity index (χ0n) is 18.2. The Morgan fingerprint density at radius 2 is 1.91 bits per heavy atom. The van der Waals surface area contributed by atoms with Crippen molar-refractivity contribution < 1.29 is 4.79 Å². The van der Waals surface area contributed by atoms with Gasteiger partial charge >= 0.3 is 0 Å². The van der Waals surface area contributed by atoms with Gasteiger partial charge in [0.15, 0.2) is 5.13 Å². The number of rotatable bonds is 11. The number of aryl methyl sites for hydroxylation is 2. The topological polar surface area (TPSA) is 118 Å². The van der Waals surface area contributed by atoms with Gasteiger partial charge in [0, 0.05) is 12.6 Å². The quantitative estimate of drug-likeness (QED) is 0.285. The van der Waals surface area contributed by atoms with E-state index >= 15 is 0 Å². The molecule has 0 spiro atoms. The number of hydrogen-bond donors (Lipinski definition) is 4. The van der Waals surface area contributed by atoms with Gasteiger partial charge in [-0.15, -0.1) is 0 Å². The normalized spacial score (nSPS) is 10.8. The molecular formula is C22H28ClN7OS. The van der Waals surface area contributed by atoms with E-state index in [1.165, 1.54) is 17.5 Å². The summed E-state index contributed by atoms with van der Waals surface area (Å²) in [6, 6.07) is 7.31. The Labute approximate surface area is 197 Å². The SMILES string of the molecule is Cc1nc(NCCCCCCN)cc(Nc2ncc(C(=O)Nc3c(C)cccc3Cl)s2)n1. The fourth-order valence-corrected chi connectivity index (χ4v) is 4.06. The molecule has 10 heteroatoms. The van der Waals surface area contributed by atoms with Crippen LogP contribution in [0.3, 0.4) is 0 Å². The van der Waals surface area contributed by atoms with Crippen molar-refractivity contribution in [3.8, 4) is 0 Å². The molecule has 0 aliphatic heterocycles. The van der Waals surface area contributed by atoms with Crippen LogP contribution in [-0.2, 0) is 0 Å². The number of unbranched alkanes of at least 4 members (excludes halogenated alkanes) is 3. The highest BCUT2D eigenvalue weighted by atomic mass is 35.5. The monoisotopic (exact) mass is 473 g/mol. The van der Waals surface area contributed by atoms with Crippen LogP contribution < -0.4 is 21.7 Å². The molecule has 1 amide bonds. The zero-order chi connectivity index (χ0) is 22.9. The number of nitrogens with two attached hydrogens (primary N) is 1. The highest BCUT2D eigenvalue weighted by molar-refractivity contribution is 7.17. The van der Waals surface area contributed by atoms with E-state index in [0.717, 1.165) is 50.2 Å².